The second kappa shape index (κ2) is 35.7. The highest BCUT2D eigenvalue weighted by Crippen LogP contribution is 2.17. The maximum Gasteiger partial charge on any atom is 0.306 e. The number of benzene rings is 2. The van der Waals surface area contributed by atoms with Gasteiger partial charge in [0, 0.05) is 38.9 Å². The summed E-state index contributed by atoms with van der Waals surface area (Å²) in [7, 11) is 0. The van der Waals surface area contributed by atoms with Crippen LogP contribution in [0, 0.1) is 0 Å². The molecule has 0 radical (unpaired) electrons. The Labute approximate surface area is 339 Å². The van der Waals surface area contributed by atoms with Gasteiger partial charge < -0.3 is 9.47 Å². The molecule has 0 heterocycles. The van der Waals surface area contributed by atoms with Crippen LogP contribution in [-0.4, -0.2) is 36.1 Å². The van der Waals surface area contributed by atoms with Gasteiger partial charge in [0.05, 0.1) is 0 Å². The molecule has 0 aliphatic heterocycles. The molecule has 312 valence electrons. The third kappa shape index (κ3) is 29.3. The van der Waals surface area contributed by atoms with E-state index in [1.54, 1.807) is 0 Å². The van der Waals surface area contributed by atoms with E-state index < -0.39 is 6.10 Å². The molecule has 1 unspecified atom stereocenters. The number of rotatable bonds is 38. The smallest absolute Gasteiger partial charge is 0.306 e. The molecule has 2 rings (SSSR count). The highest BCUT2D eigenvalue weighted by atomic mass is 16.6. The SMILES string of the molecule is CCCCCCCCCCCCCCCC(=O)OCC(CCN(Cc1ccccc1)Cc1ccccc1)OC(=O)CCCCCCCCCCCCCCC. The van der Waals surface area contributed by atoms with Gasteiger partial charge in [-0.1, -0.05) is 229 Å². The van der Waals surface area contributed by atoms with Crippen molar-refractivity contribution in [2.75, 3.05) is 13.2 Å². The van der Waals surface area contributed by atoms with Crippen molar-refractivity contribution in [3.63, 3.8) is 0 Å². The van der Waals surface area contributed by atoms with Gasteiger partial charge in [0.15, 0.2) is 0 Å². The first-order valence-corrected chi connectivity index (χ1v) is 23.3. The molecule has 0 saturated carbocycles. The van der Waals surface area contributed by atoms with Crippen LogP contribution in [0.5, 0.6) is 0 Å². The molecule has 5 nitrogen and oxygen atoms in total. The van der Waals surface area contributed by atoms with Crippen molar-refractivity contribution in [2.45, 2.75) is 219 Å². The first-order valence-electron chi connectivity index (χ1n) is 23.3. The lowest BCUT2D eigenvalue weighted by Crippen LogP contribution is -2.31. The molecule has 0 amide bonds. The number of hydrogen-bond donors (Lipinski definition) is 0. The molecular formula is C50H83NO4. The molecule has 0 fully saturated rings. The van der Waals surface area contributed by atoms with Gasteiger partial charge in [0.2, 0.25) is 0 Å². The molecule has 0 saturated heterocycles. The summed E-state index contributed by atoms with van der Waals surface area (Å²) in [6.45, 7) is 7.01. The van der Waals surface area contributed by atoms with Crippen LogP contribution in [0.4, 0.5) is 0 Å². The van der Waals surface area contributed by atoms with Gasteiger partial charge >= 0.3 is 11.9 Å². The summed E-state index contributed by atoms with van der Waals surface area (Å²) < 4.78 is 11.8. The monoisotopic (exact) mass is 762 g/mol. The zero-order chi connectivity index (χ0) is 39.3. The van der Waals surface area contributed by atoms with Crippen molar-refractivity contribution in [1.29, 1.82) is 0 Å². The third-order valence-corrected chi connectivity index (χ3v) is 11.0. The van der Waals surface area contributed by atoms with Crippen molar-refractivity contribution < 1.29 is 19.1 Å². The lowest BCUT2D eigenvalue weighted by Gasteiger charge is -2.25. The summed E-state index contributed by atoms with van der Waals surface area (Å²) in [5.41, 5.74) is 2.50. The quantitative estimate of drug-likeness (QED) is 0.0504. The van der Waals surface area contributed by atoms with Crippen LogP contribution < -0.4 is 0 Å². The molecular weight excluding hydrogens is 679 g/mol. The number of carbonyl (C=O) groups is 2. The van der Waals surface area contributed by atoms with Gasteiger partial charge in [-0.15, -0.1) is 0 Å². The molecule has 0 N–H and O–H groups in total. The highest BCUT2D eigenvalue weighted by molar-refractivity contribution is 5.70. The highest BCUT2D eigenvalue weighted by Gasteiger charge is 2.19. The predicted molar refractivity (Wildman–Crippen MR) is 233 cm³/mol. The summed E-state index contributed by atoms with van der Waals surface area (Å²) >= 11 is 0. The van der Waals surface area contributed by atoms with E-state index in [1.807, 2.05) is 12.1 Å². The van der Waals surface area contributed by atoms with Crippen LogP contribution >= 0.6 is 0 Å². The Morgan fingerprint density at radius 3 is 1.20 bits per heavy atom. The second-order valence-electron chi connectivity index (χ2n) is 16.3. The lowest BCUT2D eigenvalue weighted by atomic mass is 10.0. The van der Waals surface area contributed by atoms with Gasteiger partial charge in [0.25, 0.3) is 0 Å². The summed E-state index contributed by atoms with van der Waals surface area (Å²) in [6, 6.07) is 21.0. The maximum atomic E-state index is 13.1. The molecule has 1 atom stereocenters. The average molecular weight is 762 g/mol. The Bertz CT molecular complexity index is 1100. The van der Waals surface area contributed by atoms with Crippen LogP contribution in [0.3, 0.4) is 0 Å². The summed E-state index contributed by atoms with van der Waals surface area (Å²) in [5.74, 6) is -0.343. The summed E-state index contributed by atoms with van der Waals surface area (Å²) in [4.78, 5) is 28.2. The van der Waals surface area contributed by atoms with Gasteiger partial charge in [-0.05, 0) is 24.0 Å². The summed E-state index contributed by atoms with van der Waals surface area (Å²) in [6.07, 6.45) is 34.3. The molecule has 0 aliphatic carbocycles. The molecule has 0 aromatic heterocycles. The minimum Gasteiger partial charge on any atom is -0.462 e. The van der Waals surface area contributed by atoms with Crippen LogP contribution in [-0.2, 0) is 32.2 Å². The van der Waals surface area contributed by atoms with E-state index in [0.29, 0.717) is 19.3 Å². The van der Waals surface area contributed by atoms with Gasteiger partial charge in [-0.2, -0.15) is 0 Å². The first kappa shape index (κ1) is 48.5. The maximum absolute atomic E-state index is 13.1. The number of ether oxygens (including phenoxy) is 2. The van der Waals surface area contributed by atoms with Crippen LogP contribution in [0.25, 0.3) is 0 Å². The Morgan fingerprint density at radius 2 is 0.818 bits per heavy atom. The van der Waals surface area contributed by atoms with Crippen LogP contribution in [0.2, 0.25) is 0 Å². The van der Waals surface area contributed by atoms with Gasteiger partial charge in [-0.25, -0.2) is 0 Å². The van der Waals surface area contributed by atoms with E-state index in [1.165, 1.54) is 152 Å². The van der Waals surface area contributed by atoms with Gasteiger partial charge in [0.1, 0.15) is 12.7 Å². The molecule has 0 bridgehead atoms. The zero-order valence-corrected chi connectivity index (χ0v) is 35.8. The van der Waals surface area contributed by atoms with E-state index in [0.717, 1.165) is 45.3 Å². The normalized spacial score (nSPS) is 11.9. The van der Waals surface area contributed by atoms with E-state index in [-0.39, 0.29) is 18.5 Å². The fourth-order valence-corrected chi connectivity index (χ4v) is 7.48. The Kier molecular flexibility index (Phi) is 31.5. The first-order chi connectivity index (χ1) is 27.1. The van der Waals surface area contributed by atoms with Crippen molar-refractivity contribution in [3.05, 3.63) is 71.8 Å². The molecule has 2 aromatic carbocycles. The van der Waals surface area contributed by atoms with Gasteiger partial charge in [-0.3, -0.25) is 14.5 Å². The molecule has 2 aromatic rings. The fraction of sp³-hybridized carbons (Fsp3) is 0.720. The van der Waals surface area contributed by atoms with Crippen LogP contribution in [0.15, 0.2) is 60.7 Å². The van der Waals surface area contributed by atoms with Crippen LogP contribution in [0.1, 0.15) is 211 Å². The predicted octanol–water partition coefficient (Wildman–Crippen LogP) is 14.5. The van der Waals surface area contributed by atoms with E-state index in [2.05, 4.69) is 67.3 Å². The van der Waals surface area contributed by atoms with Crippen molar-refractivity contribution in [1.82, 2.24) is 4.90 Å². The number of carbonyl (C=O) groups excluding carboxylic acids is 2. The fourth-order valence-electron chi connectivity index (χ4n) is 7.48. The third-order valence-electron chi connectivity index (χ3n) is 11.0. The van der Waals surface area contributed by atoms with Crippen molar-refractivity contribution >= 4 is 11.9 Å². The lowest BCUT2D eigenvalue weighted by molar-refractivity contribution is -0.159. The topological polar surface area (TPSA) is 55.8 Å². The van der Waals surface area contributed by atoms with E-state index in [4.69, 9.17) is 9.47 Å². The number of nitrogens with zero attached hydrogens (tertiary/aromatic N) is 1. The Morgan fingerprint density at radius 1 is 0.473 bits per heavy atom. The molecule has 5 heteroatoms. The molecule has 0 aliphatic rings. The minimum atomic E-state index is -0.445. The standard InChI is InChI=1S/C50H83NO4/c1-3-5-7-9-11-13-15-17-19-21-23-25-33-39-49(52)54-45-48(55-50(53)40-34-26-24-22-20-18-16-14-12-10-8-6-4-2)41-42-51(43-46-35-29-27-30-36-46)44-47-37-31-28-32-38-47/h27-32,35-38,48H,3-26,33-34,39-45H2,1-2H3. The van der Waals surface area contributed by atoms with E-state index >= 15 is 0 Å². The van der Waals surface area contributed by atoms with Crippen molar-refractivity contribution in [3.8, 4) is 0 Å². The van der Waals surface area contributed by atoms with Crippen molar-refractivity contribution in [2.24, 2.45) is 0 Å². The Hall–Kier alpha value is -2.66. The van der Waals surface area contributed by atoms with E-state index in [9.17, 15) is 9.59 Å². The minimum absolute atomic E-state index is 0.131. The zero-order valence-electron chi connectivity index (χ0n) is 35.8. The molecule has 55 heavy (non-hydrogen) atoms. The second-order valence-corrected chi connectivity index (χ2v) is 16.3. The number of unbranched alkanes of at least 4 members (excludes halogenated alkanes) is 24. The largest absolute Gasteiger partial charge is 0.462 e. The number of hydrogen-bond acceptors (Lipinski definition) is 5. The Balaban J connectivity index is 1.74. The molecule has 0 spiro atoms. The summed E-state index contributed by atoms with van der Waals surface area (Å²) in [5, 5.41) is 0. The average Bonchev–Trinajstić information content (AvgIpc) is 3.20. The number of esters is 2.